The van der Waals surface area contributed by atoms with Crippen LogP contribution in [0.15, 0.2) is 79.1 Å². The Morgan fingerprint density at radius 1 is 1.12 bits per heavy atom. The number of aromatic nitrogens is 3. The van der Waals surface area contributed by atoms with Gasteiger partial charge in [0, 0.05) is 41.1 Å². The van der Waals surface area contributed by atoms with Gasteiger partial charge in [0.05, 0.1) is 18.9 Å². The number of nitrogen functional groups attached to an aromatic ring is 1. The topological polar surface area (TPSA) is 127 Å². The van der Waals surface area contributed by atoms with E-state index in [4.69, 9.17) is 15.5 Å². The lowest BCUT2D eigenvalue weighted by Crippen LogP contribution is -2.31. The minimum absolute atomic E-state index is 0.0827. The number of amides is 1. The monoisotopic (exact) mass is 582 g/mol. The molecule has 10 heteroatoms. The van der Waals surface area contributed by atoms with Gasteiger partial charge in [0.15, 0.2) is 11.6 Å². The molecule has 43 heavy (non-hydrogen) atoms. The van der Waals surface area contributed by atoms with Crippen LogP contribution in [0.1, 0.15) is 36.8 Å². The van der Waals surface area contributed by atoms with Crippen LogP contribution in [0.2, 0.25) is 0 Å². The second kappa shape index (κ2) is 13.3. The van der Waals surface area contributed by atoms with Crippen LogP contribution in [0.4, 0.5) is 15.9 Å². The number of ether oxygens (including phenoxy) is 1. The molecule has 1 unspecified atom stereocenters. The molecule has 0 saturated carbocycles. The molecule has 0 aliphatic carbocycles. The van der Waals surface area contributed by atoms with Gasteiger partial charge in [-0.25, -0.2) is 14.4 Å². The first-order valence-electron chi connectivity index (χ1n) is 14.3. The molecule has 5 N–H and O–H groups in total. The van der Waals surface area contributed by atoms with Crippen LogP contribution in [-0.2, 0) is 17.8 Å². The summed E-state index contributed by atoms with van der Waals surface area (Å²) in [5.74, 6) is 0.189. The lowest BCUT2D eigenvalue weighted by Gasteiger charge is -2.24. The molecule has 0 spiro atoms. The van der Waals surface area contributed by atoms with Gasteiger partial charge in [0.25, 0.3) is 0 Å². The van der Waals surface area contributed by atoms with Crippen molar-refractivity contribution in [1.82, 2.24) is 19.9 Å². The third-order valence-corrected chi connectivity index (χ3v) is 7.14. The highest BCUT2D eigenvalue weighted by molar-refractivity contribution is 5.93. The molecule has 0 fully saturated rings. The van der Waals surface area contributed by atoms with E-state index in [9.17, 15) is 9.90 Å². The quantitative estimate of drug-likeness (QED) is 0.161. The lowest BCUT2D eigenvalue weighted by molar-refractivity contribution is -0.121. The Hall–Kier alpha value is -4.96. The van der Waals surface area contributed by atoms with E-state index in [2.05, 4.69) is 15.6 Å². The highest BCUT2D eigenvalue weighted by Crippen LogP contribution is 2.36. The summed E-state index contributed by atoms with van der Waals surface area (Å²) in [6.45, 7) is 3.97. The molecule has 0 aliphatic heterocycles. The number of hydrogen-bond donors (Lipinski definition) is 4. The van der Waals surface area contributed by atoms with Crippen molar-refractivity contribution in [3.63, 3.8) is 0 Å². The second-order valence-corrected chi connectivity index (χ2v) is 10.0. The Bertz CT molecular complexity index is 1720. The van der Waals surface area contributed by atoms with Crippen molar-refractivity contribution in [2.45, 2.75) is 32.9 Å². The van der Waals surface area contributed by atoms with Gasteiger partial charge >= 0.3 is 0 Å². The van der Waals surface area contributed by atoms with Crippen molar-refractivity contribution in [1.29, 1.82) is 0 Å². The molecular weight excluding hydrogens is 547 g/mol. The van der Waals surface area contributed by atoms with Gasteiger partial charge < -0.3 is 30.8 Å². The molecule has 0 aliphatic rings. The van der Waals surface area contributed by atoms with E-state index in [1.807, 2.05) is 74.5 Å². The highest BCUT2D eigenvalue weighted by Gasteiger charge is 2.28. The summed E-state index contributed by atoms with van der Waals surface area (Å²) in [5.41, 5.74) is 9.49. The molecule has 0 saturated heterocycles. The predicted octanol–water partition coefficient (Wildman–Crippen LogP) is 5.09. The third kappa shape index (κ3) is 6.60. The summed E-state index contributed by atoms with van der Waals surface area (Å²) in [6.07, 6.45) is 4.09. The van der Waals surface area contributed by atoms with Gasteiger partial charge in [0.2, 0.25) is 5.91 Å². The van der Waals surface area contributed by atoms with Gasteiger partial charge in [-0.05, 0) is 54.6 Å². The van der Waals surface area contributed by atoms with Crippen LogP contribution in [0, 0.1) is 5.82 Å². The average molecular weight is 583 g/mol. The van der Waals surface area contributed by atoms with Crippen molar-refractivity contribution >= 4 is 28.2 Å². The van der Waals surface area contributed by atoms with Crippen LogP contribution in [0.25, 0.3) is 22.0 Å². The number of aryl methyl sites for hydroxylation is 1. The van der Waals surface area contributed by atoms with Gasteiger partial charge in [-0.3, -0.25) is 4.79 Å². The van der Waals surface area contributed by atoms with E-state index < -0.39 is 11.9 Å². The van der Waals surface area contributed by atoms with Crippen molar-refractivity contribution in [2.24, 2.45) is 0 Å². The Morgan fingerprint density at radius 3 is 2.67 bits per heavy atom. The molecule has 222 valence electrons. The maximum absolute atomic E-state index is 16.3. The molecule has 2 aromatic heterocycles. The number of carbonyl (C=O) groups excluding carboxylic acids is 1. The zero-order valence-electron chi connectivity index (χ0n) is 24.2. The Kier molecular flexibility index (Phi) is 9.17. The molecule has 1 atom stereocenters. The fourth-order valence-corrected chi connectivity index (χ4v) is 5.03. The number of aliphatic hydroxyl groups excluding tert-OH is 1. The predicted molar refractivity (Wildman–Crippen MR) is 166 cm³/mol. The van der Waals surface area contributed by atoms with Gasteiger partial charge in [-0.1, -0.05) is 43.3 Å². The van der Waals surface area contributed by atoms with E-state index in [1.165, 1.54) is 0 Å². The van der Waals surface area contributed by atoms with Crippen LogP contribution in [0.5, 0.6) is 5.75 Å². The van der Waals surface area contributed by atoms with Crippen molar-refractivity contribution in [2.75, 3.05) is 30.8 Å². The first-order chi connectivity index (χ1) is 20.9. The molecule has 5 aromatic rings. The van der Waals surface area contributed by atoms with E-state index in [0.29, 0.717) is 41.6 Å². The zero-order chi connectivity index (χ0) is 30.3. The summed E-state index contributed by atoms with van der Waals surface area (Å²) in [4.78, 5) is 22.0. The molecule has 0 bridgehead atoms. The summed E-state index contributed by atoms with van der Waals surface area (Å²) < 4.78 is 23.7. The molecule has 0 radical (unpaired) electrons. The van der Waals surface area contributed by atoms with E-state index in [1.54, 1.807) is 23.0 Å². The minimum Gasteiger partial charge on any atom is -0.491 e. The summed E-state index contributed by atoms with van der Waals surface area (Å²) in [6, 6.07) is 19.8. The van der Waals surface area contributed by atoms with Crippen LogP contribution < -0.4 is 21.1 Å². The SMILES string of the molecule is CCOc1cc(CC)cc(C(Nc2ccc3c(N)nccc3c2)c2nc(-c3ccccc3)cn2CC(=O)NCCO)c1F. The van der Waals surface area contributed by atoms with Crippen LogP contribution >= 0.6 is 0 Å². The number of nitrogens with two attached hydrogens (primary N) is 1. The lowest BCUT2D eigenvalue weighted by atomic mass is 9.99. The van der Waals surface area contributed by atoms with Crippen molar-refractivity contribution < 1.29 is 19.0 Å². The fraction of sp³-hybridized carbons (Fsp3) is 0.242. The molecular formula is C33H35FN6O3. The maximum atomic E-state index is 16.3. The largest absolute Gasteiger partial charge is 0.491 e. The number of rotatable bonds is 12. The number of imidazole rings is 1. The number of aliphatic hydroxyl groups is 1. The number of pyridine rings is 1. The van der Waals surface area contributed by atoms with E-state index in [0.717, 1.165) is 21.9 Å². The van der Waals surface area contributed by atoms with E-state index >= 15 is 4.39 Å². The summed E-state index contributed by atoms with van der Waals surface area (Å²) in [5, 5.41) is 17.1. The molecule has 1 amide bonds. The smallest absolute Gasteiger partial charge is 0.240 e. The minimum atomic E-state index is -0.814. The third-order valence-electron chi connectivity index (χ3n) is 7.14. The van der Waals surface area contributed by atoms with Crippen molar-refractivity contribution in [3.8, 4) is 17.0 Å². The maximum Gasteiger partial charge on any atom is 0.240 e. The Labute approximate surface area is 249 Å². The second-order valence-electron chi connectivity index (χ2n) is 10.0. The van der Waals surface area contributed by atoms with Gasteiger partial charge in [-0.15, -0.1) is 0 Å². The number of fused-ring (bicyclic) bond motifs is 1. The Balaban J connectivity index is 1.69. The fourth-order valence-electron chi connectivity index (χ4n) is 5.03. The number of anilines is 2. The van der Waals surface area contributed by atoms with Gasteiger partial charge in [-0.2, -0.15) is 0 Å². The number of halogens is 1. The number of carbonyl (C=O) groups is 1. The molecule has 2 heterocycles. The van der Waals surface area contributed by atoms with Crippen LogP contribution in [0.3, 0.4) is 0 Å². The molecule has 5 rings (SSSR count). The molecule has 3 aromatic carbocycles. The number of hydrogen-bond acceptors (Lipinski definition) is 7. The standard InChI is InChI=1S/C33H35FN6O3/c1-3-21-16-26(30(34)28(17-21)43-4-2)31(38-24-10-11-25-23(18-24)12-13-37-32(25)35)33-39-27(22-8-6-5-7-9-22)19-40(33)20-29(42)36-14-15-41/h5-13,16-19,31,38,41H,3-4,14-15,20H2,1-2H3,(H2,35,37)(H,36,42). The summed E-state index contributed by atoms with van der Waals surface area (Å²) in [7, 11) is 0. The first kappa shape index (κ1) is 29.5. The highest BCUT2D eigenvalue weighted by atomic mass is 19.1. The van der Waals surface area contributed by atoms with Gasteiger partial charge in [0.1, 0.15) is 24.2 Å². The number of nitrogens with one attached hydrogen (secondary N) is 2. The normalized spacial score (nSPS) is 11.8. The molecule has 9 nitrogen and oxygen atoms in total. The first-order valence-corrected chi connectivity index (χ1v) is 14.3. The van der Waals surface area contributed by atoms with E-state index in [-0.39, 0.29) is 31.4 Å². The summed E-state index contributed by atoms with van der Waals surface area (Å²) >= 11 is 0. The Morgan fingerprint density at radius 2 is 1.93 bits per heavy atom. The van der Waals surface area contributed by atoms with Crippen molar-refractivity contribution in [3.05, 3.63) is 102 Å². The zero-order valence-corrected chi connectivity index (χ0v) is 24.2. The average Bonchev–Trinajstić information content (AvgIpc) is 3.43. The number of nitrogens with zero attached hydrogens (tertiary/aromatic N) is 3. The van der Waals surface area contributed by atoms with Crippen LogP contribution in [-0.4, -0.2) is 45.3 Å². The number of benzene rings is 3.